The molecule has 3 rings (SSSR count). The van der Waals surface area contributed by atoms with E-state index in [0.717, 1.165) is 21.2 Å². The van der Waals surface area contributed by atoms with Crippen molar-refractivity contribution >= 4 is 21.6 Å². The lowest BCUT2D eigenvalue weighted by molar-refractivity contribution is -0.119. The monoisotopic (exact) mass is 494 g/mol. The van der Waals surface area contributed by atoms with Crippen molar-refractivity contribution in [3.8, 4) is 5.75 Å². The SMILES string of the molecule is Cc1ccc(S(=O)(=O)N(CC(=O)NCCOc2ccc(C(C)(C)C)cc2)c2cccc(C)c2)cc1. The zero-order valence-electron chi connectivity index (χ0n) is 21.0. The Balaban J connectivity index is 1.65. The van der Waals surface area contributed by atoms with Crippen LogP contribution in [0.5, 0.6) is 5.75 Å². The summed E-state index contributed by atoms with van der Waals surface area (Å²) in [5.41, 5.74) is 3.57. The zero-order chi connectivity index (χ0) is 25.6. The molecule has 0 saturated heterocycles. The first-order valence-corrected chi connectivity index (χ1v) is 13.1. The standard InChI is InChI=1S/C28H34N2O4S/c1-21-9-15-26(16-10-21)35(32,33)30(24-8-6-7-22(2)19-24)20-27(31)29-17-18-34-25-13-11-23(12-14-25)28(3,4)5/h6-16,19H,17-18,20H2,1-5H3,(H,29,31). The van der Waals surface area contributed by atoms with Gasteiger partial charge < -0.3 is 10.1 Å². The summed E-state index contributed by atoms with van der Waals surface area (Å²) < 4.78 is 33.7. The van der Waals surface area contributed by atoms with Crippen molar-refractivity contribution in [2.75, 3.05) is 24.0 Å². The first-order valence-electron chi connectivity index (χ1n) is 11.6. The Hall–Kier alpha value is -3.32. The molecule has 6 nitrogen and oxygen atoms in total. The summed E-state index contributed by atoms with van der Waals surface area (Å²) in [5.74, 6) is 0.310. The molecule has 0 unspecified atom stereocenters. The van der Waals surface area contributed by atoms with Crippen molar-refractivity contribution in [3.63, 3.8) is 0 Å². The smallest absolute Gasteiger partial charge is 0.264 e. The summed E-state index contributed by atoms with van der Waals surface area (Å²) in [5, 5.41) is 2.77. The number of rotatable bonds is 9. The van der Waals surface area contributed by atoms with Gasteiger partial charge in [0.2, 0.25) is 5.91 Å². The van der Waals surface area contributed by atoms with E-state index < -0.39 is 15.9 Å². The molecule has 0 aliphatic rings. The Morgan fingerprint density at radius 2 is 1.57 bits per heavy atom. The van der Waals surface area contributed by atoms with Crippen molar-refractivity contribution in [1.82, 2.24) is 5.32 Å². The quantitative estimate of drug-likeness (QED) is 0.425. The summed E-state index contributed by atoms with van der Waals surface area (Å²) in [7, 11) is -3.93. The number of hydrogen-bond donors (Lipinski definition) is 1. The number of aryl methyl sites for hydroxylation is 2. The normalized spacial score (nSPS) is 11.7. The summed E-state index contributed by atoms with van der Waals surface area (Å²) >= 11 is 0. The maximum atomic E-state index is 13.4. The predicted octanol–water partition coefficient (Wildman–Crippen LogP) is 4.99. The fourth-order valence-electron chi connectivity index (χ4n) is 3.53. The maximum absolute atomic E-state index is 13.4. The van der Waals surface area contributed by atoms with Gasteiger partial charge in [-0.15, -0.1) is 0 Å². The van der Waals surface area contributed by atoms with Gasteiger partial charge in [0, 0.05) is 0 Å². The molecule has 1 N–H and O–H groups in total. The average Bonchev–Trinajstić information content (AvgIpc) is 2.80. The van der Waals surface area contributed by atoms with E-state index in [2.05, 4.69) is 26.1 Å². The van der Waals surface area contributed by atoms with E-state index in [4.69, 9.17) is 4.74 Å². The van der Waals surface area contributed by atoms with Crippen LogP contribution in [0.4, 0.5) is 5.69 Å². The number of nitrogens with one attached hydrogen (secondary N) is 1. The summed E-state index contributed by atoms with van der Waals surface area (Å²) in [6, 6.07) is 21.6. The summed E-state index contributed by atoms with van der Waals surface area (Å²) in [4.78, 5) is 12.9. The molecule has 0 saturated carbocycles. The van der Waals surface area contributed by atoms with Gasteiger partial charge in [-0.25, -0.2) is 8.42 Å². The van der Waals surface area contributed by atoms with Crippen LogP contribution in [0.25, 0.3) is 0 Å². The number of carbonyl (C=O) groups excluding carboxylic acids is 1. The Morgan fingerprint density at radius 1 is 0.914 bits per heavy atom. The summed E-state index contributed by atoms with van der Waals surface area (Å²) in [6.45, 7) is 10.4. The van der Waals surface area contributed by atoms with Gasteiger partial charge in [-0.05, 0) is 66.8 Å². The number of hydrogen-bond acceptors (Lipinski definition) is 4. The fraction of sp³-hybridized carbons (Fsp3) is 0.321. The third kappa shape index (κ3) is 7.09. The Kier molecular flexibility index (Phi) is 8.22. The van der Waals surface area contributed by atoms with E-state index >= 15 is 0 Å². The summed E-state index contributed by atoms with van der Waals surface area (Å²) in [6.07, 6.45) is 0. The van der Waals surface area contributed by atoms with E-state index in [1.807, 2.05) is 44.2 Å². The Bertz CT molecular complexity index is 1250. The molecule has 0 heterocycles. The van der Waals surface area contributed by atoms with Gasteiger partial charge in [0.25, 0.3) is 10.0 Å². The topological polar surface area (TPSA) is 75.7 Å². The predicted molar refractivity (Wildman–Crippen MR) is 141 cm³/mol. The van der Waals surface area contributed by atoms with Crippen LogP contribution in [0, 0.1) is 13.8 Å². The second-order valence-electron chi connectivity index (χ2n) is 9.64. The first kappa shape index (κ1) is 26.3. The van der Waals surface area contributed by atoms with Gasteiger partial charge in [-0.1, -0.05) is 62.7 Å². The van der Waals surface area contributed by atoms with Crippen LogP contribution in [-0.4, -0.2) is 34.0 Å². The van der Waals surface area contributed by atoms with Crippen LogP contribution in [0.1, 0.15) is 37.5 Å². The molecule has 0 atom stereocenters. The van der Waals surface area contributed by atoms with E-state index in [1.54, 1.807) is 42.5 Å². The molecular weight excluding hydrogens is 460 g/mol. The number of anilines is 1. The third-order valence-electron chi connectivity index (χ3n) is 5.60. The lowest BCUT2D eigenvalue weighted by Gasteiger charge is -2.24. The van der Waals surface area contributed by atoms with E-state index in [1.165, 1.54) is 5.56 Å². The largest absolute Gasteiger partial charge is 0.492 e. The van der Waals surface area contributed by atoms with Gasteiger partial charge >= 0.3 is 0 Å². The molecule has 0 aromatic heterocycles. The molecule has 0 fully saturated rings. The van der Waals surface area contributed by atoms with Crippen LogP contribution in [0.3, 0.4) is 0 Å². The number of ether oxygens (including phenoxy) is 1. The number of sulfonamides is 1. The maximum Gasteiger partial charge on any atom is 0.264 e. The van der Waals surface area contributed by atoms with E-state index in [9.17, 15) is 13.2 Å². The van der Waals surface area contributed by atoms with Crippen LogP contribution < -0.4 is 14.4 Å². The third-order valence-corrected chi connectivity index (χ3v) is 7.39. The average molecular weight is 495 g/mol. The molecule has 35 heavy (non-hydrogen) atoms. The molecule has 0 aliphatic heterocycles. The van der Waals surface area contributed by atoms with Gasteiger partial charge in [-0.2, -0.15) is 0 Å². The highest BCUT2D eigenvalue weighted by Gasteiger charge is 2.27. The Labute approximate surface area is 209 Å². The fourth-order valence-corrected chi connectivity index (χ4v) is 4.95. The van der Waals surface area contributed by atoms with Crippen molar-refractivity contribution in [1.29, 1.82) is 0 Å². The second-order valence-corrected chi connectivity index (χ2v) is 11.5. The van der Waals surface area contributed by atoms with E-state index in [0.29, 0.717) is 5.69 Å². The van der Waals surface area contributed by atoms with Crippen LogP contribution in [-0.2, 0) is 20.2 Å². The molecule has 3 aromatic carbocycles. The number of benzene rings is 3. The van der Waals surface area contributed by atoms with Gasteiger partial charge in [0.05, 0.1) is 17.1 Å². The molecule has 1 amide bonds. The number of nitrogens with zero attached hydrogens (tertiary/aromatic N) is 1. The molecular formula is C28H34N2O4S. The zero-order valence-corrected chi connectivity index (χ0v) is 21.9. The number of carbonyl (C=O) groups is 1. The highest BCUT2D eigenvalue weighted by Crippen LogP contribution is 2.25. The van der Waals surface area contributed by atoms with Crippen molar-refractivity contribution in [2.45, 2.75) is 44.9 Å². The minimum atomic E-state index is -3.93. The molecule has 3 aromatic rings. The molecule has 186 valence electrons. The van der Waals surface area contributed by atoms with Crippen LogP contribution in [0.15, 0.2) is 77.7 Å². The van der Waals surface area contributed by atoms with Crippen molar-refractivity contribution in [2.24, 2.45) is 0 Å². The molecule has 0 radical (unpaired) electrons. The molecule has 0 spiro atoms. The van der Waals surface area contributed by atoms with Gasteiger partial charge in [0.1, 0.15) is 18.9 Å². The first-order chi connectivity index (χ1) is 16.5. The molecule has 7 heteroatoms. The van der Waals surface area contributed by atoms with E-state index in [-0.39, 0.29) is 30.0 Å². The highest BCUT2D eigenvalue weighted by molar-refractivity contribution is 7.92. The highest BCUT2D eigenvalue weighted by atomic mass is 32.2. The van der Waals surface area contributed by atoms with Gasteiger partial charge in [-0.3, -0.25) is 9.10 Å². The number of amides is 1. The van der Waals surface area contributed by atoms with Gasteiger partial charge in [0.15, 0.2) is 0 Å². The minimum Gasteiger partial charge on any atom is -0.492 e. The van der Waals surface area contributed by atoms with Crippen molar-refractivity contribution < 1.29 is 17.9 Å². The lowest BCUT2D eigenvalue weighted by Crippen LogP contribution is -2.42. The van der Waals surface area contributed by atoms with Crippen molar-refractivity contribution in [3.05, 3.63) is 89.5 Å². The lowest BCUT2D eigenvalue weighted by atomic mass is 9.87. The van der Waals surface area contributed by atoms with Crippen LogP contribution >= 0.6 is 0 Å². The molecule has 0 aliphatic carbocycles. The molecule has 0 bridgehead atoms. The second kappa shape index (κ2) is 11.0. The van der Waals surface area contributed by atoms with Crippen LogP contribution in [0.2, 0.25) is 0 Å². The Morgan fingerprint density at radius 3 is 2.17 bits per heavy atom. The minimum absolute atomic E-state index is 0.0641.